The molecule has 2 heterocycles. The summed E-state index contributed by atoms with van der Waals surface area (Å²) in [5.41, 5.74) is 0.558. The minimum Gasteiger partial charge on any atom is -0.484 e. The number of hydrogen-bond donors (Lipinski definition) is 3. The zero-order chi connectivity index (χ0) is 30.7. The number of allylic oxidation sites excluding steroid dienone is 1. The lowest BCUT2D eigenvalue weighted by Gasteiger charge is -2.27. The lowest BCUT2D eigenvalue weighted by molar-refractivity contribution is -0.137. The van der Waals surface area contributed by atoms with Crippen LogP contribution in [0.3, 0.4) is 0 Å². The quantitative estimate of drug-likeness (QED) is 0.263. The van der Waals surface area contributed by atoms with Gasteiger partial charge < -0.3 is 30.1 Å². The molecule has 2 aromatic rings. The van der Waals surface area contributed by atoms with E-state index in [2.05, 4.69) is 32.4 Å². The van der Waals surface area contributed by atoms with Crippen LogP contribution < -0.4 is 20.3 Å². The van der Waals surface area contributed by atoms with E-state index in [1.54, 1.807) is 39.0 Å². The lowest BCUT2D eigenvalue weighted by atomic mass is 10.0. The van der Waals surface area contributed by atoms with Gasteiger partial charge in [-0.1, -0.05) is 0 Å². The van der Waals surface area contributed by atoms with Crippen molar-refractivity contribution in [2.24, 2.45) is 0 Å². The van der Waals surface area contributed by atoms with E-state index in [9.17, 15) is 18.0 Å². The average Bonchev–Trinajstić information content (AvgIpc) is 3.22. The van der Waals surface area contributed by atoms with Crippen LogP contribution in [0.5, 0.6) is 5.75 Å². The monoisotopic (exact) mass is 609 g/mol. The number of hydrogen-bond acceptors (Lipinski definition) is 8. The van der Waals surface area contributed by atoms with Crippen LogP contribution in [0.2, 0.25) is 0 Å². The maximum Gasteiger partial charge on any atom is 0.416 e. The van der Waals surface area contributed by atoms with E-state index in [4.69, 9.17) is 26.2 Å². The highest BCUT2D eigenvalue weighted by atomic mass is 35.5. The number of alkyl halides is 4. The Morgan fingerprint density at radius 1 is 1.19 bits per heavy atom. The molecule has 1 aliphatic heterocycles. The molecule has 2 aliphatic rings. The molecule has 1 amide bonds. The Kier molecular flexibility index (Phi) is 9.69. The fourth-order valence-corrected chi connectivity index (χ4v) is 4.98. The van der Waals surface area contributed by atoms with Gasteiger partial charge in [-0.15, -0.1) is 11.6 Å². The van der Waals surface area contributed by atoms with E-state index in [1.807, 2.05) is 0 Å². The molecule has 1 aromatic carbocycles. The van der Waals surface area contributed by atoms with Crippen molar-refractivity contribution in [1.82, 2.24) is 15.3 Å². The van der Waals surface area contributed by atoms with Crippen molar-refractivity contribution in [2.75, 3.05) is 36.6 Å². The van der Waals surface area contributed by atoms with Gasteiger partial charge in [0.15, 0.2) is 5.82 Å². The summed E-state index contributed by atoms with van der Waals surface area (Å²) in [6.45, 7) is 8.52. The first-order chi connectivity index (χ1) is 19.7. The number of aliphatic hydroxyl groups excluding tert-OH is 1. The second-order valence-corrected chi connectivity index (χ2v) is 11.7. The molecule has 42 heavy (non-hydrogen) atoms. The third-order valence-corrected chi connectivity index (χ3v) is 6.93. The number of aliphatic hydroxyl groups is 1. The molecular formula is C29H35ClF3N5O4. The van der Waals surface area contributed by atoms with Gasteiger partial charge in [0.2, 0.25) is 0 Å². The first kappa shape index (κ1) is 31.6. The Morgan fingerprint density at radius 3 is 2.62 bits per heavy atom. The van der Waals surface area contributed by atoms with Crippen molar-refractivity contribution in [3.05, 3.63) is 65.3 Å². The highest BCUT2D eigenvalue weighted by Crippen LogP contribution is 2.37. The fourth-order valence-electron chi connectivity index (χ4n) is 4.71. The van der Waals surface area contributed by atoms with E-state index < -0.39 is 34.7 Å². The van der Waals surface area contributed by atoms with Crippen molar-refractivity contribution >= 4 is 29.0 Å². The molecule has 228 valence electrons. The number of anilines is 2. The van der Waals surface area contributed by atoms with Crippen molar-refractivity contribution in [3.63, 3.8) is 0 Å². The number of aromatic nitrogens is 2. The van der Waals surface area contributed by atoms with Gasteiger partial charge in [-0.3, -0.25) is 4.79 Å². The summed E-state index contributed by atoms with van der Waals surface area (Å²) in [5.74, 6) is -0.194. The Bertz CT molecular complexity index is 1350. The zero-order valence-corrected chi connectivity index (χ0v) is 24.6. The van der Waals surface area contributed by atoms with E-state index >= 15 is 0 Å². The molecule has 0 saturated carbocycles. The molecule has 0 fully saturated rings. The maximum atomic E-state index is 13.6. The van der Waals surface area contributed by atoms with Gasteiger partial charge in [0.05, 0.1) is 36.5 Å². The number of fused-ring (bicyclic) bond motifs is 1. The Hall–Kier alpha value is -3.35. The zero-order valence-electron chi connectivity index (χ0n) is 23.8. The van der Waals surface area contributed by atoms with Gasteiger partial charge in [0.1, 0.15) is 23.9 Å². The molecule has 0 spiro atoms. The predicted octanol–water partition coefficient (Wildman–Crippen LogP) is 4.70. The normalized spacial score (nSPS) is 20.3. The molecular weight excluding hydrogens is 575 g/mol. The SMILES string of the molecule is CC1Cc2ncnc(NC3=CC(Cl)C(Oc4cc(C(=O)NC(C)(C)C)cc(C(F)(F)F)c4)C=C3)c2N1CCOCCO. The number of amides is 1. The number of benzene rings is 1. The molecule has 3 N–H and O–H groups in total. The van der Waals surface area contributed by atoms with E-state index in [0.717, 1.165) is 29.9 Å². The highest BCUT2D eigenvalue weighted by Gasteiger charge is 2.34. The third-order valence-electron chi connectivity index (χ3n) is 6.56. The molecule has 0 radical (unpaired) electrons. The van der Waals surface area contributed by atoms with E-state index in [0.29, 0.717) is 24.7 Å². The fraction of sp³-hybridized carbons (Fsp3) is 0.483. The van der Waals surface area contributed by atoms with Gasteiger partial charge >= 0.3 is 6.18 Å². The van der Waals surface area contributed by atoms with Gasteiger partial charge in [0.25, 0.3) is 5.91 Å². The van der Waals surface area contributed by atoms with Crippen LogP contribution >= 0.6 is 11.6 Å². The Morgan fingerprint density at radius 2 is 1.95 bits per heavy atom. The average molecular weight is 610 g/mol. The van der Waals surface area contributed by atoms with Crippen LogP contribution in [0.15, 0.2) is 48.5 Å². The standard InChI is InChI=1S/C29H35ClF3N5O4/c1-17-11-23-25(38(17)7-9-41-10-8-39)26(35-16-34-23)36-20-5-6-24(22(30)15-20)42-21-13-18(27(40)37-28(2,3)4)12-19(14-21)29(31,32)33/h5-6,12-17,22,24,39H,7-11H2,1-4H3,(H,37,40)(H,34,35,36). The summed E-state index contributed by atoms with van der Waals surface area (Å²) in [6.07, 6.45) is 1.79. The summed E-state index contributed by atoms with van der Waals surface area (Å²) in [4.78, 5) is 23.7. The minimum absolute atomic E-state index is 0.0473. The first-order valence-electron chi connectivity index (χ1n) is 13.6. The molecule has 3 unspecified atom stereocenters. The Balaban J connectivity index is 1.50. The molecule has 3 atom stereocenters. The Labute approximate surface area is 247 Å². The van der Waals surface area contributed by atoms with Crippen molar-refractivity contribution < 1.29 is 32.5 Å². The van der Waals surface area contributed by atoms with Gasteiger partial charge in [-0.05, 0) is 64.1 Å². The molecule has 0 saturated heterocycles. The maximum absolute atomic E-state index is 13.6. The van der Waals surface area contributed by atoms with Crippen LogP contribution in [0, 0.1) is 0 Å². The number of nitrogens with one attached hydrogen (secondary N) is 2. The number of ether oxygens (including phenoxy) is 2. The lowest BCUT2D eigenvalue weighted by Crippen LogP contribution is -2.40. The highest BCUT2D eigenvalue weighted by molar-refractivity contribution is 6.22. The minimum atomic E-state index is -4.68. The summed E-state index contributed by atoms with van der Waals surface area (Å²) in [7, 11) is 0. The van der Waals surface area contributed by atoms with Gasteiger partial charge in [-0.2, -0.15) is 13.2 Å². The van der Waals surface area contributed by atoms with Gasteiger partial charge in [0, 0.05) is 35.8 Å². The molecule has 4 rings (SSSR count). The van der Waals surface area contributed by atoms with Crippen LogP contribution in [-0.4, -0.2) is 70.4 Å². The first-order valence-corrected chi connectivity index (χ1v) is 14.0. The van der Waals surface area contributed by atoms with Crippen molar-refractivity contribution in [3.8, 4) is 5.75 Å². The number of carbonyl (C=O) groups is 1. The predicted molar refractivity (Wildman–Crippen MR) is 154 cm³/mol. The molecule has 1 aliphatic carbocycles. The van der Waals surface area contributed by atoms with E-state index in [1.165, 1.54) is 12.4 Å². The van der Waals surface area contributed by atoms with Crippen molar-refractivity contribution in [1.29, 1.82) is 0 Å². The summed E-state index contributed by atoms with van der Waals surface area (Å²) >= 11 is 6.61. The number of nitrogens with zero attached hydrogens (tertiary/aromatic N) is 3. The van der Waals surface area contributed by atoms with Crippen LogP contribution in [-0.2, 0) is 17.3 Å². The summed E-state index contributed by atoms with van der Waals surface area (Å²) in [6, 6.07) is 3.10. The summed E-state index contributed by atoms with van der Waals surface area (Å²) in [5, 5.41) is 14.2. The largest absolute Gasteiger partial charge is 0.484 e. The van der Waals surface area contributed by atoms with Crippen LogP contribution in [0.4, 0.5) is 24.7 Å². The van der Waals surface area contributed by atoms with E-state index in [-0.39, 0.29) is 30.6 Å². The summed E-state index contributed by atoms with van der Waals surface area (Å²) < 4.78 is 52.2. The van der Waals surface area contributed by atoms with Crippen LogP contribution in [0.25, 0.3) is 0 Å². The molecule has 9 nitrogen and oxygen atoms in total. The second kappa shape index (κ2) is 12.9. The number of rotatable bonds is 10. The molecule has 13 heteroatoms. The second-order valence-electron chi connectivity index (χ2n) is 11.2. The molecule has 1 aromatic heterocycles. The smallest absolute Gasteiger partial charge is 0.416 e. The van der Waals surface area contributed by atoms with Crippen LogP contribution in [0.1, 0.15) is 49.3 Å². The molecule has 0 bridgehead atoms. The van der Waals surface area contributed by atoms with Gasteiger partial charge in [-0.25, -0.2) is 9.97 Å². The third kappa shape index (κ3) is 7.93. The number of halogens is 4. The van der Waals surface area contributed by atoms with Crippen molar-refractivity contribution in [2.45, 2.75) is 63.4 Å². The number of carbonyl (C=O) groups excluding carboxylic acids is 1. The topological polar surface area (TPSA) is 109 Å².